The molecule has 0 unspecified atom stereocenters. The fraction of sp³-hybridized carbons (Fsp3) is 0.455. The van der Waals surface area contributed by atoms with E-state index >= 15 is 0 Å². The summed E-state index contributed by atoms with van der Waals surface area (Å²) >= 11 is 0. The molecule has 8 heteroatoms. The molecule has 0 amide bonds. The largest absolute Gasteiger partial charge is 1.00 e. The summed E-state index contributed by atoms with van der Waals surface area (Å²) in [4.78, 5) is 0. The van der Waals surface area contributed by atoms with Gasteiger partial charge in [0.15, 0.2) is 17.5 Å². The van der Waals surface area contributed by atoms with Gasteiger partial charge >= 0.3 is 58.4 Å². The van der Waals surface area contributed by atoms with E-state index < -0.39 is 35.2 Å². The van der Waals surface area contributed by atoms with Crippen molar-refractivity contribution in [3.63, 3.8) is 0 Å². The quantitative estimate of drug-likeness (QED) is 0.436. The van der Waals surface area contributed by atoms with Crippen LogP contribution < -0.4 is 51.4 Å². The number of halogens is 6. The molecule has 0 nitrogen and oxygen atoms in total. The van der Waals surface area contributed by atoms with E-state index in [9.17, 15) is 26.1 Å². The average Bonchev–Trinajstić information content (AvgIpc) is 2.12. The summed E-state index contributed by atoms with van der Waals surface area (Å²) in [5.74, 6) is -4.28. The summed E-state index contributed by atoms with van der Waals surface area (Å²) in [5.41, 5.74) is -1.06. The maximum atomic E-state index is 13.5. The van der Waals surface area contributed by atoms with Crippen LogP contribution in [0.4, 0.5) is 26.1 Å². The second-order valence-corrected chi connectivity index (χ2v) is 5.47. The van der Waals surface area contributed by atoms with Gasteiger partial charge in [0, 0.05) is 0 Å². The maximum Gasteiger partial charge on any atom is 1.00 e. The van der Waals surface area contributed by atoms with Crippen molar-refractivity contribution in [3.8, 4) is 0 Å². The first-order valence-corrected chi connectivity index (χ1v) is 5.54. The second kappa shape index (κ2) is 4.50. The molecular weight excluding hydrogens is 296 g/mol. The Kier molecular flexibility index (Phi) is 3.76. The molecule has 98 valence electrons. The van der Waals surface area contributed by atoms with Crippen LogP contribution in [0.3, 0.4) is 0 Å². The standard InChI is InChI=1S/C11H8BF6.K/c13-7-2-1-6(8(14)9(7)15)10-3-11(4-10,5-10)12(16,17)18;/h1-2H,3-5H2;/q-1;+1. The predicted molar refractivity (Wildman–Crippen MR) is 53.6 cm³/mol. The van der Waals surface area contributed by atoms with E-state index in [2.05, 4.69) is 0 Å². The van der Waals surface area contributed by atoms with Crippen molar-refractivity contribution in [2.24, 2.45) is 0 Å². The number of rotatable bonds is 2. The van der Waals surface area contributed by atoms with Crippen LogP contribution in [0.15, 0.2) is 12.1 Å². The van der Waals surface area contributed by atoms with Gasteiger partial charge in [-0.05, 0) is 17.0 Å². The molecule has 3 saturated carbocycles. The van der Waals surface area contributed by atoms with Crippen molar-refractivity contribution in [1.82, 2.24) is 0 Å². The summed E-state index contributed by atoms with van der Waals surface area (Å²) in [6.45, 7) is -4.95. The monoisotopic (exact) mass is 304 g/mol. The molecule has 19 heavy (non-hydrogen) atoms. The zero-order valence-corrected chi connectivity index (χ0v) is 13.2. The van der Waals surface area contributed by atoms with E-state index in [4.69, 9.17) is 0 Å². The van der Waals surface area contributed by atoms with Gasteiger partial charge in [0.1, 0.15) is 0 Å². The summed E-state index contributed by atoms with van der Waals surface area (Å²) in [6.07, 6.45) is -0.609. The van der Waals surface area contributed by atoms with Crippen LogP contribution in [0.2, 0.25) is 5.31 Å². The van der Waals surface area contributed by atoms with E-state index in [-0.39, 0.29) is 76.2 Å². The maximum absolute atomic E-state index is 13.5. The average molecular weight is 304 g/mol. The van der Waals surface area contributed by atoms with Crippen LogP contribution in [0.5, 0.6) is 0 Å². The van der Waals surface area contributed by atoms with Gasteiger partial charge in [0.05, 0.1) is 0 Å². The Bertz CT molecular complexity index is 521. The summed E-state index contributed by atoms with van der Waals surface area (Å²) < 4.78 is 77.4. The van der Waals surface area contributed by atoms with E-state index in [1.165, 1.54) is 0 Å². The molecule has 3 aliphatic rings. The molecule has 0 saturated heterocycles. The van der Waals surface area contributed by atoms with E-state index in [1.807, 2.05) is 0 Å². The molecule has 0 N–H and O–H groups in total. The third-order valence-electron chi connectivity index (χ3n) is 4.37. The van der Waals surface area contributed by atoms with Crippen LogP contribution >= 0.6 is 0 Å². The fourth-order valence-corrected chi connectivity index (χ4v) is 3.43. The van der Waals surface area contributed by atoms with Crippen LogP contribution in [0, 0.1) is 17.5 Å². The first-order valence-electron chi connectivity index (χ1n) is 5.54. The van der Waals surface area contributed by atoms with Gasteiger partial charge < -0.3 is 12.9 Å². The van der Waals surface area contributed by atoms with Gasteiger partial charge in [-0.25, -0.2) is 13.2 Å². The molecule has 0 heterocycles. The van der Waals surface area contributed by atoms with E-state index in [1.54, 1.807) is 0 Å². The van der Waals surface area contributed by atoms with Crippen molar-refractivity contribution < 1.29 is 77.5 Å². The Morgan fingerprint density at radius 1 is 0.895 bits per heavy atom. The molecule has 4 rings (SSSR count). The Labute approximate surface area is 148 Å². The minimum atomic E-state index is -4.95. The summed E-state index contributed by atoms with van der Waals surface area (Å²) in [6, 6.07) is 1.82. The topological polar surface area (TPSA) is 0 Å². The molecule has 3 aliphatic carbocycles. The van der Waals surface area contributed by atoms with E-state index in [0.29, 0.717) is 0 Å². The molecule has 2 bridgehead atoms. The SMILES string of the molecule is Fc1ccc(C23CC([B-](F)(F)F)(C2)C3)c(F)c1F.[K+]. The fourth-order valence-electron chi connectivity index (χ4n) is 3.43. The van der Waals surface area contributed by atoms with Crippen LogP contribution in [-0.2, 0) is 5.41 Å². The van der Waals surface area contributed by atoms with Crippen molar-refractivity contribution in [3.05, 3.63) is 35.1 Å². The van der Waals surface area contributed by atoms with E-state index in [0.717, 1.165) is 12.1 Å². The molecule has 0 aromatic heterocycles. The summed E-state index contributed by atoms with van der Waals surface area (Å²) in [5, 5.41) is -1.67. The third kappa shape index (κ3) is 1.98. The first-order chi connectivity index (χ1) is 8.21. The van der Waals surface area contributed by atoms with Crippen molar-refractivity contribution in [1.29, 1.82) is 0 Å². The first kappa shape index (κ1) is 15.9. The predicted octanol–water partition coefficient (Wildman–Crippen LogP) is 1.13. The van der Waals surface area contributed by atoms with Gasteiger partial charge in [-0.2, -0.15) is 0 Å². The molecule has 3 fully saturated rings. The molecule has 0 spiro atoms. The Balaban J connectivity index is 0.00000133. The molecule has 0 radical (unpaired) electrons. The van der Waals surface area contributed by atoms with Gasteiger partial charge in [-0.3, -0.25) is 0 Å². The molecule has 1 aromatic rings. The molecule has 1 aromatic carbocycles. The Morgan fingerprint density at radius 3 is 1.89 bits per heavy atom. The van der Waals surface area contributed by atoms with Crippen LogP contribution in [0.25, 0.3) is 0 Å². The van der Waals surface area contributed by atoms with Crippen LogP contribution in [0.1, 0.15) is 24.8 Å². The molecule has 0 aliphatic heterocycles. The smallest absolute Gasteiger partial charge is 0.449 e. The number of benzene rings is 1. The molecular formula is C11H8BF6K. The minimum absolute atomic E-state index is 0. The van der Waals surface area contributed by atoms with Crippen molar-refractivity contribution in [2.45, 2.75) is 30.0 Å². The van der Waals surface area contributed by atoms with Gasteiger partial charge in [0.25, 0.3) is 0 Å². The Morgan fingerprint density at radius 2 is 1.42 bits per heavy atom. The van der Waals surface area contributed by atoms with Crippen molar-refractivity contribution in [2.75, 3.05) is 0 Å². The summed E-state index contributed by atoms with van der Waals surface area (Å²) in [7, 11) is 0. The van der Waals surface area contributed by atoms with Crippen molar-refractivity contribution >= 4 is 6.98 Å². The zero-order valence-electron chi connectivity index (χ0n) is 10.1. The number of hydrogen-bond donors (Lipinski definition) is 0. The van der Waals surface area contributed by atoms with Gasteiger partial charge in [0.2, 0.25) is 0 Å². The minimum Gasteiger partial charge on any atom is -0.449 e. The van der Waals surface area contributed by atoms with Gasteiger partial charge in [-0.1, -0.05) is 30.6 Å². The molecule has 0 atom stereocenters. The van der Waals surface area contributed by atoms with Crippen LogP contribution in [-0.4, -0.2) is 6.98 Å². The van der Waals surface area contributed by atoms with Gasteiger partial charge in [-0.15, -0.1) is 0 Å². The zero-order chi connectivity index (χ0) is 13.3. The normalized spacial score (nSPS) is 32.1. The number of hydrogen-bond acceptors (Lipinski definition) is 0. The third-order valence-corrected chi connectivity index (χ3v) is 4.37. The second-order valence-electron chi connectivity index (χ2n) is 5.47. The Hall–Kier alpha value is 0.501.